The van der Waals surface area contributed by atoms with Crippen LogP contribution in [-0.2, 0) is 13.2 Å². The van der Waals surface area contributed by atoms with E-state index in [-0.39, 0.29) is 0 Å². The van der Waals surface area contributed by atoms with E-state index in [0.717, 1.165) is 12.4 Å². The number of nitrogens with zero attached hydrogens (tertiary/aromatic N) is 4. The van der Waals surface area contributed by atoms with Gasteiger partial charge in [-0.05, 0) is 19.1 Å². The van der Waals surface area contributed by atoms with Crippen LogP contribution in [-0.4, -0.2) is 19.7 Å². The van der Waals surface area contributed by atoms with Gasteiger partial charge in [-0.1, -0.05) is 11.6 Å². The van der Waals surface area contributed by atoms with Crippen molar-refractivity contribution in [3.8, 4) is 5.75 Å². The Balaban J connectivity index is 2.05. The summed E-state index contributed by atoms with van der Waals surface area (Å²) >= 11 is 5.86. The van der Waals surface area contributed by atoms with Crippen LogP contribution in [0.25, 0.3) is 0 Å². The van der Waals surface area contributed by atoms with E-state index in [1.54, 1.807) is 23.0 Å². The third kappa shape index (κ3) is 2.30. The van der Waals surface area contributed by atoms with Gasteiger partial charge in [-0.3, -0.25) is 0 Å². The van der Waals surface area contributed by atoms with Gasteiger partial charge in [0.25, 0.3) is 0 Å². The number of rotatable bonds is 4. The molecule has 0 amide bonds. The zero-order valence-corrected chi connectivity index (χ0v) is 9.55. The number of hydrogen-bond donors (Lipinski definition) is 0. The molecular formula is C10H11ClN4O. The molecule has 16 heavy (non-hydrogen) atoms. The molecule has 2 heterocycles. The minimum atomic E-state index is 0.333. The maximum absolute atomic E-state index is 5.86. The fourth-order valence-electron chi connectivity index (χ4n) is 1.29. The van der Waals surface area contributed by atoms with Gasteiger partial charge in [-0.25, -0.2) is 14.6 Å². The Morgan fingerprint density at radius 1 is 1.44 bits per heavy atom. The van der Waals surface area contributed by atoms with E-state index < -0.39 is 0 Å². The molecule has 0 fully saturated rings. The second-order valence-corrected chi connectivity index (χ2v) is 3.43. The van der Waals surface area contributed by atoms with Gasteiger partial charge in [0.15, 0.2) is 16.7 Å². The standard InChI is InChI=1S/C10H11ClN4O/c1-2-15-9(13-7-14-15)6-16-8-4-3-5-12-10(8)11/h3-5,7H,2,6H2,1H3. The van der Waals surface area contributed by atoms with Crippen LogP contribution in [0.2, 0.25) is 5.15 Å². The molecule has 0 radical (unpaired) electrons. The lowest BCUT2D eigenvalue weighted by molar-refractivity contribution is 0.286. The van der Waals surface area contributed by atoms with Crippen LogP contribution in [0.3, 0.4) is 0 Å². The minimum absolute atomic E-state index is 0.333. The molecule has 0 saturated carbocycles. The molecule has 0 spiro atoms. The first kappa shape index (κ1) is 10.9. The first-order chi connectivity index (χ1) is 7.81. The average Bonchev–Trinajstić information content (AvgIpc) is 2.75. The predicted molar refractivity (Wildman–Crippen MR) is 59.3 cm³/mol. The average molecular weight is 239 g/mol. The van der Waals surface area contributed by atoms with Crippen molar-refractivity contribution >= 4 is 11.6 Å². The molecule has 0 aliphatic heterocycles. The Labute approximate surface area is 98.0 Å². The number of aryl methyl sites for hydroxylation is 1. The lowest BCUT2D eigenvalue weighted by Gasteiger charge is -2.06. The highest BCUT2D eigenvalue weighted by atomic mass is 35.5. The molecule has 6 heteroatoms. The largest absolute Gasteiger partial charge is 0.482 e. The number of ether oxygens (including phenoxy) is 1. The van der Waals surface area contributed by atoms with Gasteiger partial charge in [0.1, 0.15) is 12.9 Å². The Morgan fingerprint density at radius 3 is 3.06 bits per heavy atom. The van der Waals surface area contributed by atoms with Crippen LogP contribution in [0.1, 0.15) is 12.7 Å². The highest BCUT2D eigenvalue weighted by Gasteiger charge is 2.05. The van der Waals surface area contributed by atoms with Crippen molar-refractivity contribution < 1.29 is 4.74 Å². The van der Waals surface area contributed by atoms with Crippen molar-refractivity contribution in [2.24, 2.45) is 0 Å². The summed E-state index contributed by atoms with van der Waals surface area (Å²) in [6, 6.07) is 3.54. The third-order valence-electron chi connectivity index (χ3n) is 2.08. The molecule has 0 aliphatic carbocycles. The summed E-state index contributed by atoms with van der Waals surface area (Å²) in [5, 5.41) is 4.40. The molecule has 2 aromatic heterocycles. The van der Waals surface area contributed by atoms with Gasteiger partial charge < -0.3 is 4.74 Å². The quantitative estimate of drug-likeness (QED) is 0.764. The van der Waals surface area contributed by atoms with Gasteiger partial charge in [0.05, 0.1) is 0 Å². The van der Waals surface area contributed by atoms with E-state index in [9.17, 15) is 0 Å². The number of hydrogen-bond acceptors (Lipinski definition) is 4. The number of pyridine rings is 1. The summed E-state index contributed by atoms with van der Waals surface area (Å²) in [5.74, 6) is 1.32. The molecule has 0 atom stereocenters. The van der Waals surface area contributed by atoms with Crippen LogP contribution in [0.4, 0.5) is 0 Å². The highest BCUT2D eigenvalue weighted by molar-refractivity contribution is 6.30. The topological polar surface area (TPSA) is 52.8 Å². The molecular weight excluding hydrogens is 228 g/mol. The Kier molecular flexibility index (Phi) is 3.36. The molecule has 0 N–H and O–H groups in total. The normalized spacial score (nSPS) is 10.4. The maximum atomic E-state index is 5.86. The summed E-state index contributed by atoms with van der Waals surface area (Å²) in [4.78, 5) is 8.01. The summed E-state index contributed by atoms with van der Waals surface area (Å²) < 4.78 is 7.27. The molecule has 0 aliphatic rings. The fourth-order valence-corrected chi connectivity index (χ4v) is 1.46. The number of aromatic nitrogens is 4. The summed E-state index contributed by atoms with van der Waals surface area (Å²) in [7, 11) is 0. The van der Waals surface area contributed by atoms with Crippen LogP contribution < -0.4 is 4.74 Å². The van der Waals surface area contributed by atoms with Gasteiger partial charge in [0, 0.05) is 12.7 Å². The SMILES string of the molecule is CCn1ncnc1COc1cccnc1Cl. The van der Waals surface area contributed by atoms with Gasteiger partial charge in [-0.2, -0.15) is 5.10 Å². The monoisotopic (exact) mass is 238 g/mol. The molecule has 0 bridgehead atoms. The van der Waals surface area contributed by atoms with Gasteiger partial charge >= 0.3 is 0 Å². The molecule has 2 rings (SSSR count). The van der Waals surface area contributed by atoms with Crippen LogP contribution in [0.5, 0.6) is 5.75 Å². The van der Waals surface area contributed by atoms with Crippen LogP contribution in [0, 0.1) is 0 Å². The molecule has 2 aromatic rings. The maximum Gasteiger partial charge on any atom is 0.171 e. The lowest BCUT2D eigenvalue weighted by atomic mass is 10.4. The van der Waals surface area contributed by atoms with Crippen molar-refractivity contribution in [3.63, 3.8) is 0 Å². The van der Waals surface area contributed by atoms with E-state index in [0.29, 0.717) is 17.5 Å². The van der Waals surface area contributed by atoms with Crippen molar-refractivity contribution in [2.45, 2.75) is 20.1 Å². The Hall–Kier alpha value is -1.62. The molecule has 0 unspecified atom stereocenters. The van der Waals surface area contributed by atoms with E-state index >= 15 is 0 Å². The van der Waals surface area contributed by atoms with Gasteiger partial charge in [-0.15, -0.1) is 0 Å². The summed E-state index contributed by atoms with van der Waals surface area (Å²) in [6.07, 6.45) is 3.12. The van der Waals surface area contributed by atoms with E-state index in [1.165, 1.54) is 6.33 Å². The van der Waals surface area contributed by atoms with E-state index in [4.69, 9.17) is 16.3 Å². The number of halogens is 1. The lowest BCUT2D eigenvalue weighted by Crippen LogP contribution is -2.07. The zero-order chi connectivity index (χ0) is 11.4. The molecule has 5 nitrogen and oxygen atoms in total. The first-order valence-electron chi connectivity index (χ1n) is 4.91. The van der Waals surface area contributed by atoms with Crippen molar-refractivity contribution in [1.82, 2.24) is 19.7 Å². The minimum Gasteiger partial charge on any atom is -0.482 e. The fraction of sp³-hybridized carbons (Fsp3) is 0.300. The zero-order valence-electron chi connectivity index (χ0n) is 8.80. The van der Waals surface area contributed by atoms with Crippen molar-refractivity contribution in [3.05, 3.63) is 35.6 Å². The molecule has 0 aromatic carbocycles. The Bertz CT molecular complexity index is 471. The first-order valence-corrected chi connectivity index (χ1v) is 5.29. The smallest absolute Gasteiger partial charge is 0.171 e. The second kappa shape index (κ2) is 4.94. The van der Waals surface area contributed by atoms with Gasteiger partial charge in [0.2, 0.25) is 0 Å². The predicted octanol–water partition coefficient (Wildman–Crippen LogP) is 1.93. The summed E-state index contributed by atoms with van der Waals surface area (Å²) in [6.45, 7) is 3.09. The van der Waals surface area contributed by atoms with Crippen LogP contribution >= 0.6 is 11.6 Å². The third-order valence-corrected chi connectivity index (χ3v) is 2.36. The highest BCUT2D eigenvalue weighted by Crippen LogP contribution is 2.21. The second-order valence-electron chi connectivity index (χ2n) is 3.07. The summed E-state index contributed by atoms with van der Waals surface area (Å²) in [5.41, 5.74) is 0. The van der Waals surface area contributed by atoms with Crippen molar-refractivity contribution in [2.75, 3.05) is 0 Å². The van der Waals surface area contributed by atoms with E-state index in [2.05, 4.69) is 15.1 Å². The Morgan fingerprint density at radius 2 is 2.31 bits per heavy atom. The molecule has 0 saturated heterocycles. The van der Waals surface area contributed by atoms with Crippen molar-refractivity contribution in [1.29, 1.82) is 0 Å². The molecule has 84 valence electrons. The van der Waals surface area contributed by atoms with Crippen LogP contribution in [0.15, 0.2) is 24.7 Å². The van der Waals surface area contributed by atoms with E-state index in [1.807, 2.05) is 6.92 Å².